The molecule has 0 fully saturated rings. The van der Waals surface area contributed by atoms with Crippen LogP contribution in [0.25, 0.3) is 11.8 Å². The number of benzene rings is 2. The number of rotatable bonds is 7. The van der Waals surface area contributed by atoms with Gasteiger partial charge in [0.25, 0.3) is 5.56 Å². The molecule has 0 saturated carbocycles. The fourth-order valence-corrected chi connectivity index (χ4v) is 6.29. The van der Waals surface area contributed by atoms with Crippen LogP contribution in [0.4, 0.5) is 0 Å². The molecule has 1 atom stereocenters. The summed E-state index contributed by atoms with van der Waals surface area (Å²) in [5, 5.41) is 0. The first-order valence-electron chi connectivity index (χ1n) is 13.4. The quantitative estimate of drug-likeness (QED) is 0.304. The van der Waals surface area contributed by atoms with Gasteiger partial charge in [-0.25, -0.2) is 14.6 Å². The molecule has 2 aromatic carbocycles. The summed E-state index contributed by atoms with van der Waals surface area (Å²) in [4.78, 5) is 44.4. The van der Waals surface area contributed by atoms with E-state index in [1.54, 1.807) is 55.9 Å². The highest BCUT2D eigenvalue weighted by atomic mass is 32.1. The predicted octanol–water partition coefficient (Wildman–Crippen LogP) is 4.00. The lowest BCUT2D eigenvalue weighted by atomic mass is 9.96. The highest BCUT2D eigenvalue weighted by Crippen LogP contribution is 2.31. The number of hydrogen-bond acceptors (Lipinski definition) is 8. The number of nitrogens with zero attached hydrogens (tertiary/aromatic N) is 3. The highest BCUT2D eigenvalue weighted by Gasteiger charge is 2.33. The van der Waals surface area contributed by atoms with E-state index < -0.39 is 18.0 Å². The first kappa shape index (κ1) is 28.8. The van der Waals surface area contributed by atoms with Gasteiger partial charge in [0.05, 0.1) is 48.2 Å². The van der Waals surface area contributed by atoms with Crippen LogP contribution in [0, 0.1) is 13.8 Å². The highest BCUT2D eigenvalue weighted by molar-refractivity contribution is 7.07. The topological polar surface area (TPSA) is 101 Å². The zero-order valence-corrected chi connectivity index (χ0v) is 25.1. The molecule has 0 radical (unpaired) electrons. The standard InChI is InChI=1S/C32H31N3O6S/c1-7-41-31(38)27-19(3)33-32-35(28(27)21-11-13-25(39-5)14-12-21)29(36)26(42-32)17-23-15-18(2)34(20(23)4)24-10-8-9-22(16-24)30(37)40-6/h8-17,28H,7H2,1-6H3/b26-17+/t28-/m1/s1. The summed E-state index contributed by atoms with van der Waals surface area (Å²) in [5.74, 6) is -0.256. The van der Waals surface area contributed by atoms with Crippen molar-refractivity contribution < 1.29 is 23.8 Å². The summed E-state index contributed by atoms with van der Waals surface area (Å²) < 4.78 is 19.6. The molecule has 3 heterocycles. The Morgan fingerprint density at radius 3 is 2.43 bits per heavy atom. The Labute approximate surface area is 246 Å². The number of hydrogen-bond donors (Lipinski definition) is 0. The third kappa shape index (κ3) is 5.09. The fourth-order valence-electron chi connectivity index (χ4n) is 5.26. The van der Waals surface area contributed by atoms with E-state index in [9.17, 15) is 14.4 Å². The Bertz CT molecular complexity index is 1910. The van der Waals surface area contributed by atoms with E-state index in [2.05, 4.69) is 4.99 Å². The lowest BCUT2D eigenvalue weighted by molar-refractivity contribution is -0.139. The summed E-state index contributed by atoms with van der Waals surface area (Å²) >= 11 is 1.27. The van der Waals surface area contributed by atoms with Gasteiger partial charge in [-0.05, 0) is 81.3 Å². The van der Waals surface area contributed by atoms with E-state index in [1.165, 1.54) is 18.4 Å². The number of esters is 2. The second-order valence-electron chi connectivity index (χ2n) is 9.78. The normalized spacial score (nSPS) is 14.8. The number of methoxy groups -OCH3 is 2. The van der Waals surface area contributed by atoms with Crippen molar-refractivity contribution in [3.05, 3.63) is 114 Å². The first-order valence-corrected chi connectivity index (χ1v) is 14.2. The minimum absolute atomic E-state index is 0.202. The molecule has 1 aliphatic heterocycles. The van der Waals surface area contributed by atoms with Crippen LogP contribution in [0.1, 0.15) is 52.8 Å². The van der Waals surface area contributed by atoms with Gasteiger partial charge in [0.1, 0.15) is 5.75 Å². The molecule has 1 aliphatic rings. The molecule has 0 amide bonds. The van der Waals surface area contributed by atoms with Gasteiger partial charge in [-0.1, -0.05) is 29.5 Å². The lowest BCUT2D eigenvalue weighted by Gasteiger charge is -2.24. The lowest BCUT2D eigenvalue weighted by Crippen LogP contribution is -2.39. The molecule has 0 N–H and O–H groups in total. The van der Waals surface area contributed by atoms with Crippen LogP contribution in [0.3, 0.4) is 0 Å². The monoisotopic (exact) mass is 585 g/mol. The van der Waals surface area contributed by atoms with Crippen LogP contribution in [0.15, 0.2) is 75.7 Å². The van der Waals surface area contributed by atoms with Crippen molar-refractivity contribution in [1.82, 2.24) is 9.13 Å². The van der Waals surface area contributed by atoms with Crippen molar-refractivity contribution in [3.63, 3.8) is 0 Å². The molecule has 9 nitrogen and oxygen atoms in total. The van der Waals surface area contributed by atoms with Gasteiger partial charge in [-0.2, -0.15) is 0 Å². The van der Waals surface area contributed by atoms with Gasteiger partial charge in [0.2, 0.25) is 0 Å². The summed E-state index contributed by atoms with van der Waals surface area (Å²) in [6, 6.07) is 15.8. The van der Waals surface area contributed by atoms with Gasteiger partial charge in [0.15, 0.2) is 4.80 Å². The molecule has 0 unspecified atom stereocenters. The number of aryl methyl sites for hydroxylation is 1. The van der Waals surface area contributed by atoms with Crippen molar-refractivity contribution in [2.75, 3.05) is 20.8 Å². The minimum atomic E-state index is -0.707. The molecule has 0 bridgehead atoms. The van der Waals surface area contributed by atoms with Crippen LogP contribution in [-0.4, -0.2) is 41.9 Å². The summed E-state index contributed by atoms with van der Waals surface area (Å²) in [6.07, 6.45) is 1.85. The van der Waals surface area contributed by atoms with E-state index >= 15 is 0 Å². The third-order valence-corrected chi connectivity index (χ3v) is 8.21. The number of allylic oxidation sites excluding steroid dienone is 1. The molecule has 5 rings (SSSR count). The summed E-state index contributed by atoms with van der Waals surface area (Å²) in [5.41, 5.74) is 5.25. The summed E-state index contributed by atoms with van der Waals surface area (Å²) in [6.45, 7) is 7.64. The molecule has 0 saturated heterocycles. The zero-order chi connectivity index (χ0) is 30.1. The van der Waals surface area contributed by atoms with E-state index in [0.29, 0.717) is 31.9 Å². The van der Waals surface area contributed by atoms with Crippen molar-refractivity contribution in [1.29, 1.82) is 0 Å². The van der Waals surface area contributed by atoms with Crippen LogP contribution in [-0.2, 0) is 14.3 Å². The smallest absolute Gasteiger partial charge is 0.338 e. The molecule has 42 heavy (non-hydrogen) atoms. The second kappa shape index (κ2) is 11.7. The van der Waals surface area contributed by atoms with Crippen molar-refractivity contribution >= 4 is 29.4 Å². The molecular weight excluding hydrogens is 554 g/mol. The number of carbonyl (C=O) groups excluding carboxylic acids is 2. The Kier molecular flexibility index (Phi) is 8.00. The molecular formula is C32H31N3O6S. The number of fused-ring (bicyclic) bond motifs is 1. The molecule has 2 aromatic heterocycles. The fraction of sp³-hybridized carbons (Fsp3) is 0.250. The van der Waals surface area contributed by atoms with Gasteiger partial charge in [-0.15, -0.1) is 0 Å². The number of ether oxygens (including phenoxy) is 3. The average molecular weight is 586 g/mol. The first-order chi connectivity index (χ1) is 20.2. The van der Waals surface area contributed by atoms with E-state index in [-0.39, 0.29) is 12.2 Å². The van der Waals surface area contributed by atoms with Crippen molar-refractivity contribution in [3.8, 4) is 11.4 Å². The molecule has 4 aromatic rings. The number of thiazole rings is 1. The van der Waals surface area contributed by atoms with E-state index in [0.717, 1.165) is 28.2 Å². The Morgan fingerprint density at radius 1 is 1.02 bits per heavy atom. The maximum absolute atomic E-state index is 14.0. The number of carbonyl (C=O) groups is 2. The van der Waals surface area contributed by atoms with Crippen LogP contribution in [0.2, 0.25) is 0 Å². The number of aromatic nitrogens is 2. The maximum atomic E-state index is 14.0. The van der Waals surface area contributed by atoms with Crippen LogP contribution >= 0.6 is 11.3 Å². The minimum Gasteiger partial charge on any atom is -0.497 e. The van der Waals surface area contributed by atoms with Gasteiger partial charge in [-0.3, -0.25) is 9.36 Å². The second-order valence-corrected chi connectivity index (χ2v) is 10.8. The van der Waals surface area contributed by atoms with Gasteiger partial charge < -0.3 is 18.8 Å². The van der Waals surface area contributed by atoms with Crippen LogP contribution in [0.5, 0.6) is 5.75 Å². The largest absolute Gasteiger partial charge is 0.497 e. The third-order valence-electron chi connectivity index (χ3n) is 7.23. The summed E-state index contributed by atoms with van der Waals surface area (Å²) in [7, 11) is 2.94. The van der Waals surface area contributed by atoms with Crippen molar-refractivity contribution in [2.24, 2.45) is 4.99 Å². The van der Waals surface area contributed by atoms with Crippen LogP contribution < -0.4 is 19.6 Å². The van der Waals surface area contributed by atoms with E-state index in [1.807, 2.05) is 48.8 Å². The molecule has 10 heteroatoms. The van der Waals surface area contributed by atoms with Gasteiger partial charge in [0, 0.05) is 17.1 Å². The molecule has 0 aliphatic carbocycles. The predicted molar refractivity (Wildman–Crippen MR) is 160 cm³/mol. The zero-order valence-electron chi connectivity index (χ0n) is 24.3. The molecule has 216 valence electrons. The Hall–Kier alpha value is -4.70. The molecule has 0 spiro atoms. The van der Waals surface area contributed by atoms with Crippen molar-refractivity contribution in [2.45, 2.75) is 33.7 Å². The Balaban J connectivity index is 1.66. The Morgan fingerprint density at radius 2 is 1.76 bits per heavy atom. The average Bonchev–Trinajstić information content (AvgIpc) is 3.45. The maximum Gasteiger partial charge on any atom is 0.338 e. The van der Waals surface area contributed by atoms with Gasteiger partial charge >= 0.3 is 11.9 Å². The van der Waals surface area contributed by atoms with E-state index in [4.69, 9.17) is 14.2 Å². The SMILES string of the molecule is CCOC(=O)C1=C(C)N=c2s/c(=C/c3cc(C)n(-c4cccc(C(=O)OC)c4)c3C)c(=O)n2[C@@H]1c1ccc(OC)cc1.